The number of carbonyl (C=O) groups is 6. The van der Waals surface area contributed by atoms with E-state index in [0.717, 1.165) is 9.80 Å². The number of rotatable bonds is 9. The lowest BCUT2D eigenvalue weighted by Crippen LogP contribution is -2.51. The zero-order valence-electron chi connectivity index (χ0n) is 21.1. The van der Waals surface area contributed by atoms with Crippen molar-refractivity contribution < 1.29 is 39.0 Å². The summed E-state index contributed by atoms with van der Waals surface area (Å²) in [6.45, 7) is 0.0621. The molecule has 4 N–H and O–H groups in total. The van der Waals surface area contributed by atoms with Crippen LogP contribution in [0.4, 0.5) is 0 Å². The SMILES string of the molecule is Cn1cccc1C(=O)NC1CC(C(=O)O)N(C(=O)CCC(=O)N2CCC(NC(=O)c3cccs3)C2C(=O)O)C1. The number of carboxylic acid groups (broad SMARTS) is 2. The number of amides is 4. The van der Waals surface area contributed by atoms with Crippen molar-refractivity contribution in [1.82, 2.24) is 25.0 Å². The molecular formula is C25H29N5O8S. The third-order valence-corrected chi connectivity index (χ3v) is 7.87. The third kappa shape index (κ3) is 6.11. The van der Waals surface area contributed by atoms with E-state index < -0.39 is 59.7 Å². The van der Waals surface area contributed by atoms with Crippen molar-refractivity contribution in [2.24, 2.45) is 7.05 Å². The highest BCUT2D eigenvalue weighted by Gasteiger charge is 2.44. The number of aryl methyl sites for hydroxylation is 1. The smallest absolute Gasteiger partial charge is 0.328 e. The second-order valence-electron chi connectivity index (χ2n) is 9.53. The lowest BCUT2D eigenvalue weighted by atomic mass is 10.1. The number of hydrogen-bond acceptors (Lipinski definition) is 7. The Bertz CT molecular complexity index is 1280. The Morgan fingerprint density at radius 1 is 0.949 bits per heavy atom. The number of aromatic nitrogens is 1. The maximum absolute atomic E-state index is 13.0. The molecule has 0 bridgehead atoms. The summed E-state index contributed by atoms with van der Waals surface area (Å²) in [6, 6.07) is 2.80. The summed E-state index contributed by atoms with van der Waals surface area (Å²) in [5.74, 6) is -4.47. The minimum atomic E-state index is -1.29. The van der Waals surface area contributed by atoms with E-state index in [4.69, 9.17) is 0 Å². The van der Waals surface area contributed by atoms with Crippen LogP contribution in [0.3, 0.4) is 0 Å². The van der Waals surface area contributed by atoms with Crippen molar-refractivity contribution in [3.8, 4) is 0 Å². The van der Waals surface area contributed by atoms with Gasteiger partial charge in [-0.3, -0.25) is 19.2 Å². The second kappa shape index (κ2) is 11.7. The van der Waals surface area contributed by atoms with Gasteiger partial charge in [-0.1, -0.05) is 6.07 Å². The predicted octanol–water partition coefficient (Wildman–Crippen LogP) is 0.135. The van der Waals surface area contributed by atoms with E-state index in [1.54, 1.807) is 47.5 Å². The summed E-state index contributed by atoms with van der Waals surface area (Å²) in [4.78, 5) is 77.3. The summed E-state index contributed by atoms with van der Waals surface area (Å²) in [5.41, 5.74) is 0.390. The van der Waals surface area contributed by atoms with Gasteiger partial charge in [0.25, 0.3) is 11.8 Å². The molecule has 0 spiro atoms. The van der Waals surface area contributed by atoms with Crippen molar-refractivity contribution in [2.75, 3.05) is 13.1 Å². The molecule has 4 heterocycles. The summed E-state index contributed by atoms with van der Waals surface area (Å²) < 4.78 is 1.62. The Balaban J connectivity index is 1.34. The Labute approximate surface area is 227 Å². The van der Waals surface area contributed by atoms with Crippen molar-refractivity contribution in [1.29, 1.82) is 0 Å². The number of nitrogens with one attached hydrogen (secondary N) is 2. The highest BCUT2D eigenvalue weighted by Crippen LogP contribution is 2.23. The van der Waals surface area contributed by atoms with Crippen LogP contribution in [0, 0.1) is 0 Å². The summed E-state index contributed by atoms with van der Waals surface area (Å²) in [7, 11) is 1.70. The van der Waals surface area contributed by atoms with Gasteiger partial charge in [-0.2, -0.15) is 0 Å². The minimum absolute atomic E-state index is 0.0179. The van der Waals surface area contributed by atoms with E-state index in [2.05, 4.69) is 10.6 Å². The van der Waals surface area contributed by atoms with Crippen molar-refractivity contribution in [3.63, 3.8) is 0 Å². The topological polar surface area (TPSA) is 178 Å². The first kappa shape index (κ1) is 27.8. The molecule has 4 unspecified atom stereocenters. The lowest BCUT2D eigenvalue weighted by Gasteiger charge is -2.26. The molecule has 4 amide bonds. The number of nitrogens with zero attached hydrogens (tertiary/aromatic N) is 3. The summed E-state index contributed by atoms with van der Waals surface area (Å²) in [6.07, 6.45) is 1.31. The van der Waals surface area contributed by atoms with Gasteiger partial charge in [-0.05, 0) is 30.0 Å². The molecule has 4 atom stereocenters. The van der Waals surface area contributed by atoms with Crippen LogP contribution in [0.5, 0.6) is 0 Å². The molecule has 2 aromatic heterocycles. The fraction of sp³-hybridized carbons (Fsp3) is 0.440. The normalized spacial score (nSPS) is 22.5. The number of thiophene rings is 1. The fourth-order valence-corrected chi connectivity index (χ4v) is 5.71. The minimum Gasteiger partial charge on any atom is -0.480 e. The third-order valence-electron chi connectivity index (χ3n) is 7.00. The van der Waals surface area contributed by atoms with Crippen LogP contribution in [0.2, 0.25) is 0 Å². The highest BCUT2D eigenvalue weighted by atomic mass is 32.1. The second-order valence-corrected chi connectivity index (χ2v) is 10.5. The van der Waals surface area contributed by atoms with E-state index in [-0.39, 0.29) is 38.8 Å². The fourth-order valence-electron chi connectivity index (χ4n) is 5.08. The molecule has 2 aliphatic heterocycles. The molecule has 2 aromatic rings. The van der Waals surface area contributed by atoms with E-state index in [0.29, 0.717) is 10.6 Å². The highest BCUT2D eigenvalue weighted by molar-refractivity contribution is 7.12. The maximum Gasteiger partial charge on any atom is 0.328 e. The molecule has 39 heavy (non-hydrogen) atoms. The van der Waals surface area contributed by atoms with Crippen LogP contribution in [-0.2, 0) is 26.2 Å². The predicted molar refractivity (Wildman–Crippen MR) is 137 cm³/mol. The first-order chi connectivity index (χ1) is 18.6. The molecule has 0 aromatic carbocycles. The maximum atomic E-state index is 13.0. The molecule has 2 saturated heterocycles. The van der Waals surface area contributed by atoms with Crippen molar-refractivity contribution in [3.05, 3.63) is 46.4 Å². The van der Waals surface area contributed by atoms with E-state index in [1.807, 2.05) is 0 Å². The number of hydrogen-bond donors (Lipinski definition) is 4. The van der Waals surface area contributed by atoms with Gasteiger partial charge >= 0.3 is 11.9 Å². The zero-order valence-corrected chi connectivity index (χ0v) is 21.9. The lowest BCUT2D eigenvalue weighted by molar-refractivity contribution is -0.150. The average molecular weight is 560 g/mol. The first-order valence-corrected chi connectivity index (χ1v) is 13.3. The van der Waals surface area contributed by atoms with Crippen LogP contribution in [0.25, 0.3) is 0 Å². The molecule has 2 aliphatic rings. The van der Waals surface area contributed by atoms with Crippen LogP contribution < -0.4 is 10.6 Å². The number of carbonyl (C=O) groups excluding carboxylic acids is 4. The molecule has 0 aliphatic carbocycles. The first-order valence-electron chi connectivity index (χ1n) is 12.4. The summed E-state index contributed by atoms with van der Waals surface area (Å²) >= 11 is 1.21. The average Bonchev–Trinajstić information content (AvgIpc) is 3.68. The molecular weight excluding hydrogens is 530 g/mol. The molecule has 0 radical (unpaired) electrons. The molecule has 14 heteroatoms. The largest absolute Gasteiger partial charge is 0.480 e. The van der Waals surface area contributed by atoms with Crippen LogP contribution in [0.1, 0.15) is 45.8 Å². The van der Waals surface area contributed by atoms with Gasteiger partial charge in [-0.25, -0.2) is 9.59 Å². The van der Waals surface area contributed by atoms with Crippen LogP contribution in [-0.4, -0.2) is 97.4 Å². The van der Waals surface area contributed by atoms with Gasteiger partial charge in [0.15, 0.2) is 0 Å². The quantitative estimate of drug-likeness (QED) is 0.335. The molecule has 208 valence electrons. The van der Waals surface area contributed by atoms with Gasteiger partial charge in [0.1, 0.15) is 17.8 Å². The number of aliphatic carboxylic acids is 2. The van der Waals surface area contributed by atoms with Crippen LogP contribution in [0.15, 0.2) is 35.8 Å². The Kier molecular flexibility index (Phi) is 8.33. The standard InChI is InChI=1S/C25H29N5O8S/c1-28-9-2-4-16(28)22(33)26-14-12-17(24(35)36)30(13-14)20(32)7-6-19(31)29-10-8-15(21(29)25(37)38)27-23(34)18-5-3-11-39-18/h2-5,9,11,14-15,17,21H,6-8,10,12-13H2,1H3,(H,26,33)(H,27,34)(H,35,36)(H,37,38). The number of carboxylic acids is 2. The van der Waals surface area contributed by atoms with E-state index >= 15 is 0 Å². The van der Waals surface area contributed by atoms with Crippen molar-refractivity contribution >= 4 is 46.9 Å². The Hall–Kier alpha value is -4.20. The van der Waals surface area contributed by atoms with Gasteiger partial charge in [-0.15, -0.1) is 11.3 Å². The van der Waals surface area contributed by atoms with Gasteiger partial charge in [0, 0.05) is 51.6 Å². The molecule has 13 nitrogen and oxygen atoms in total. The van der Waals surface area contributed by atoms with Gasteiger partial charge in [0.05, 0.1) is 10.9 Å². The van der Waals surface area contributed by atoms with Crippen molar-refractivity contribution in [2.45, 2.75) is 49.9 Å². The molecule has 2 fully saturated rings. The van der Waals surface area contributed by atoms with E-state index in [9.17, 15) is 39.0 Å². The summed E-state index contributed by atoms with van der Waals surface area (Å²) in [5, 5.41) is 26.6. The van der Waals surface area contributed by atoms with E-state index in [1.165, 1.54) is 11.3 Å². The Morgan fingerprint density at radius 3 is 2.26 bits per heavy atom. The molecule has 0 saturated carbocycles. The van der Waals surface area contributed by atoms with Crippen LogP contribution >= 0.6 is 11.3 Å². The monoisotopic (exact) mass is 559 g/mol. The zero-order chi connectivity index (χ0) is 28.3. The molecule has 4 rings (SSSR count). The van der Waals surface area contributed by atoms with Gasteiger partial charge in [0.2, 0.25) is 11.8 Å². The Morgan fingerprint density at radius 2 is 1.67 bits per heavy atom. The van der Waals surface area contributed by atoms with Gasteiger partial charge < -0.3 is 35.2 Å². The number of likely N-dealkylation sites (tertiary alicyclic amines) is 2.